The standard InChI is InChI=1S/C10H13NO/c1-7-5-9(11)6-8-3-2-4-12-10(7)8/h5-6H,2-4,11H2,1H3. The highest BCUT2D eigenvalue weighted by Crippen LogP contribution is 2.30. The molecule has 0 aliphatic carbocycles. The Labute approximate surface area is 72.3 Å². The van der Waals surface area contributed by atoms with Crippen molar-refractivity contribution in [1.29, 1.82) is 0 Å². The van der Waals surface area contributed by atoms with Crippen LogP contribution in [0.4, 0.5) is 5.69 Å². The molecule has 0 fully saturated rings. The molecule has 0 bridgehead atoms. The molecule has 2 nitrogen and oxygen atoms in total. The van der Waals surface area contributed by atoms with Gasteiger partial charge in [-0.25, -0.2) is 0 Å². The van der Waals surface area contributed by atoms with Gasteiger partial charge in [0.25, 0.3) is 0 Å². The maximum atomic E-state index is 5.73. The van der Waals surface area contributed by atoms with Crippen LogP contribution >= 0.6 is 0 Å². The molecule has 0 aromatic heterocycles. The van der Waals surface area contributed by atoms with E-state index >= 15 is 0 Å². The molecule has 0 unspecified atom stereocenters. The first-order valence-electron chi connectivity index (χ1n) is 4.29. The topological polar surface area (TPSA) is 35.2 Å². The van der Waals surface area contributed by atoms with Crippen molar-refractivity contribution in [2.24, 2.45) is 0 Å². The van der Waals surface area contributed by atoms with E-state index in [1.54, 1.807) is 0 Å². The molecule has 2 N–H and O–H groups in total. The fraction of sp³-hybridized carbons (Fsp3) is 0.400. The van der Waals surface area contributed by atoms with Crippen molar-refractivity contribution in [3.63, 3.8) is 0 Å². The molecule has 1 aromatic carbocycles. The highest BCUT2D eigenvalue weighted by atomic mass is 16.5. The highest BCUT2D eigenvalue weighted by Gasteiger charge is 2.12. The van der Waals surface area contributed by atoms with Crippen molar-refractivity contribution < 1.29 is 4.74 Å². The number of hydrogen-bond acceptors (Lipinski definition) is 2. The molecular formula is C10H13NO. The van der Waals surface area contributed by atoms with E-state index < -0.39 is 0 Å². The summed E-state index contributed by atoms with van der Waals surface area (Å²) in [5.41, 5.74) is 8.99. The number of benzene rings is 1. The third-order valence-electron chi connectivity index (χ3n) is 2.21. The Morgan fingerprint density at radius 1 is 1.42 bits per heavy atom. The van der Waals surface area contributed by atoms with Gasteiger partial charge in [-0.2, -0.15) is 0 Å². The fourth-order valence-electron chi connectivity index (χ4n) is 1.71. The quantitative estimate of drug-likeness (QED) is 0.593. The predicted octanol–water partition coefficient (Wildman–Crippen LogP) is 1.90. The van der Waals surface area contributed by atoms with E-state index in [1.165, 1.54) is 5.56 Å². The van der Waals surface area contributed by atoms with E-state index in [0.29, 0.717) is 0 Å². The Bertz CT molecular complexity index is 307. The van der Waals surface area contributed by atoms with Crippen LogP contribution in [0, 0.1) is 6.92 Å². The van der Waals surface area contributed by atoms with Gasteiger partial charge < -0.3 is 10.5 Å². The molecule has 0 amide bonds. The van der Waals surface area contributed by atoms with Crippen LogP contribution in [-0.4, -0.2) is 6.61 Å². The lowest BCUT2D eigenvalue weighted by Crippen LogP contribution is -2.10. The van der Waals surface area contributed by atoms with E-state index in [4.69, 9.17) is 10.5 Å². The first-order chi connectivity index (χ1) is 5.77. The summed E-state index contributed by atoms with van der Waals surface area (Å²) in [6.07, 6.45) is 2.21. The summed E-state index contributed by atoms with van der Waals surface area (Å²) in [5.74, 6) is 1.05. The largest absolute Gasteiger partial charge is 0.493 e. The van der Waals surface area contributed by atoms with Gasteiger partial charge in [0, 0.05) is 5.69 Å². The number of rotatable bonds is 0. The summed E-state index contributed by atoms with van der Waals surface area (Å²) in [5, 5.41) is 0. The number of nitrogen functional groups attached to an aromatic ring is 1. The molecule has 0 saturated heterocycles. The monoisotopic (exact) mass is 163 g/mol. The number of fused-ring (bicyclic) bond motifs is 1. The van der Waals surface area contributed by atoms with Gasteiger partial charge in [-0.1, -0.05) is 0 Å². The Balaban J connectivity index is 2.53. The molecule has 2 heteroatoms. The minimum Gasteiger partial charge on any atom is -0.493 e. The Morgan fingerprint density at radius 3 is 3.08 bits per heavy atom. The zero-order chi connectivity index (χ0) is 8.55. The molecule has 1 aliphatic rings. The summed E-state index contributed by atoms with van der Waals surface area (Å²) in [4.78, 5) is 0. The van der Waals surface area contributed by atoms with Crippen LogP contribution in [0.15, 0.2) is 12.1 Å². The number of anilines is 1. The van der Waals surface area contributed by atoms with Crippen molar-refractivity contribution in [3.05, 3.63) is 23.3 Å². The number of hydrogen-bond donors (Lipinski definition) is 1. The van der Waals surface area contributed by atoms with Crippen LogP contribution in [0.3, 0.4) is 0 Å². The summed E-state index contributed by atoms with van der Waals surface area (Å²) >= 11 is 0. The van der Waals surface area contributed by atoms with Crippen LogP contribution in [0.5, 0.6) is 5.75 Å². The molecule has 0 spiro atoms. The van der Waals surface area contributed by atoms with Crippen molar-refractivity contribution >= 4 is 5.69 Å². The molecule has 0 radical (unpaired) electrons. The predicted molar refractivity (Wildman–Crippen MR) is 49.4 cm³/mol. The van der Waals surface area contributed by atoms with Crippen molar-refractivity contribution in [2.45, 2.75) is 19.8 Å². The number of nitrogens with two attached hydrogens (primary N) is 1. The lowest BCUT2D eigenvalue weighted by atomic mass is 10.0. The molecular weight excluding hydrogens is 150 g/mol. The summed E-state index contributed by atoms with van der Waals surface area (Å²) in [6, 6.07) is 3.98. The van der Waals surface area contributed by atoms with Crippen LogP contribution in [-0.2, 0) is 6.42 Å². The summed E-state index contributed by atoms with van der Waals surface area (Å²) < 4.78 is 5.55. The van der Waals surface area contributed by atoms with Gasteiger partial charge in [0.15, 0.2) is 0 Å². The van der Waals surface area contributed by atoms with E-state index in [9.17, 15) is 0 Å². The molecule has 64 valence electrons. The number of aryl methyl sites for hydroxylation is 2. The van der Waals surface area contributed by atoms with Gasteiger partial charge >= 0.3 is 0 Å². The van der Waals surface area contributed by atoms with Gasteiger partial charge in [-0.3, -0.25) is 0 Å². The van der Waals surface area contributed by atoms with Gasteiger partial charge in [0.1, 0.15) is 5.75 Å². The second kappa shape index (κ2) is 2.70. The van der Waals surface area contributed by atoms with Gasteiger partial charge in [-0.05, 0) is 43.0 Å². The molecule has 0 atom stereocenters. The van der Waals surface area contributed by atoms with Crippen LogP contribution in [0.25, 0.3) is 0 Å². The molecule has 1 aliphatic heterocycles. The summed E-state index contributed by atoms with van der Waals surface area (Å²) in [7, 11) is 0. The van der Waals surface area contributed by atoms with Crippen LogP contribution in [0.1, 0.15) is 17.5 Å². The van der Waals surface area contributed by atoms with E-state index in [1.807, 2.05) is 19.1 Å². The first kappa shape index (κ1) is 7.47. The highest BCUT2D eigenvalue weighted by molar-refractivity contribution is 5.53. The lowest BCUT2D eigenvalue weighted by molar-refractivity contribution is 0.286. The molecule has 1 aromatic rings. The average Bonchev–Trinajstić information content (AvgIpc) is 2.04. The van der Waals surface area contributed by atoms with E-state index in [2.05, 4.69) is 0 Å². The Hall–Kier alpha value is -1.18. The SMILES string of the molecule is Cc1cc(N)cc2c1OCCC2. The lowest BCUT2D eigenvalue weighted by Gasteiger charge is -2.19. The first-order valence-corrected chi connectivity index (χ1v) is 4.29. The Kier molecular flexibility index (Phi) is 1.68. The smallest absolute Gasteiger partial charge is 0.125 e. The second-order valence-electron chi connectivity index (χ2n) is 3.28. The zero-order valence-corrected chi connectivity index (χ0v) is 7.26. The third-order valence-corrected chi connectivity index (χ3v) is 2.21. The summed E-state index contributed by atoms with van der Waals surface area (Å²) in [6.45, 7) is 2.89. The van der Waals surface area contributed by atoms with Crippen molar-refractivity contribution in [1.82, 2.24) is 0 Å². The van der Waals surface area contributed by atoms with E-state index in [0.717, 1.165) is 36.4 Å². The third kappa shape index (κ3) is 1.13. The maximum Gasteiger partial charge on any atom is 0.125 e. The minimum absolute atomic E-state index is 0.844. The van der Waals surface area contributed by atoms with Gasteiger partial charge in [-0.15, -0.1) is 0 Å². The fourth-order valence-corrected chi connectivity index (χ4v) is 1.71. The maximum absolute atomic E-state index is 5.73. The van der Waals surface area contributed by atoms with Gasteiger partial charge in [0.2, 0.25) is 0 Å². The Morgan fingerprint density at radius 2 is 2.25 bits per heavy atom. The van der Waals surface area contributed by atoms with Crippen LogP contribution < -0.4 is 10.5 Å². The van der Waals surface area contributed by atoms with Gasteiger partial charge in [0.05, 0.1) is 6.61 Å². The zero-order valence-electron chi connectivity index (χ0n) is 7.26. The molecule has 0 saturated carbocycles. The molecule has 2 rings (SSSR count). The number of ether oxygens (including phenoxy) is 1. The normalized spacial score (nSPS) is 15.1. The average molecular weight is 163 g/mol. The second-order valence-corrected chi connectivity index (χ2v) is 3.28. The molecule has 12 heavy (non-hydrogen) atoms. The van der Waals surface area contributed by atoms with Crippen molar-refractivity contribution in [3.8, 4) is 5.75 Å². The van der Waals surface area contributed by atoms with Crippen molar-refractivity contribution in [2.75, 3.05) is 12.3 Å². The molecule has 1 heterocycles. The minimum atomic E-state index is 0.844. The van der Waals surface area contributed by atoms with Crippen LogP contribution in [0.2, 0.25) is 0 Å². The van der Waals surface area contributed by atoms with E-state index in [-0.39, 0.29) is 0 Å².